The Hall–Kier alpha value is -1.72. The van der Waals surface area contributed by atoms with Gasteiger partial charge in [-0.3, -0.25) is 14.4 Å². The number of carboxylic acids is 2. The number of thiazole rings is 1. The van der Waals surface area contributed by atoms with E-state index in [1.54, 1.807) is 4.72 Å². The van der Waals surface area contributed by atoms with Crippen molar-refractivity contribution in [1.82, 2.24) is 9.71 Å². The summed E-state index contributed by atoms with van der Waals surface area (Å²) in [5, 5.41) is 17.3. The first kappa shape index (κ1) is 15.3. The molecule has 0 saturated heterocycles. The molecule has 0 aliphatic carbocycles. The monoisotopic (exact) mass is 310 g/mol. The Kier molecular flexibility index (Phi) is 4.44. The largest absolute Gasteiger partial charge is 0.481 e. The highest BCUT2D eigenvalue weighted by Gasteiger charge is 2.29. The van der Waals surface area contributed by atoms with Crippen LogP contribution >= 0.6 is 11.3 Å². The highest BCUT2D eigenvalue weighted by Crippen LogP contribution is 2.16. The molecule has 106 valence electrons. The number of aromatic amines is 1. The van der Waals surface area contributed by atoms with E-state index in [0.717, 1.165) is 0 Å². The summed E-state index contributed by atoms with van der Waals surface area (Å²) in [6, 6.07) is -1.81. The number of aryl methyl sites for hydroxylation is 1. The van der Waals surface area contributed by atoms with Crippen molar-refractivity contribution in [3.63, 3.8) is 0 Å². The smallest absolute Gasteiger partial charge is 0.322 e. The third kappa shape index (κ3) is 3.87. The zero-order valence-electron chi connectivity index (χ0n) is 9.54. The van der Waals surface area contributed by atoms with Crippen LogP contribution in [0.2, 0.25) is 0 Å². The predicted octanol–water partition coefficient (Wildman–Crippen LogP) is -1.05. The minimum absolute atomic E-state index is 0.0574. The van der Waals surface area contributed by atoms with Gasteiger partial charge < -0.3 is 15.2 Å². The molecule has 0 saturated carbocycles. The molecule has 0 aromatic carbocycles. The van der Waals surface area contributed by atoms with Crippen LogP contribution in [0.25, 0.3) is 0 Å². The Morgan fingerprint density at radius 1 is 1.42 bits per heavy atom. The number of hydrogen-bond donors (Lipinski definition) is 4. The second kappa shape index (κ2) is 5.50. The zero-order valence-corrected chi connectivity index (χ0v) is 11.2. The highest BCUT2D eigenvalue weighted by atomic mass is 32.2. The second-order valence-corrected chi connectivity index (χ2v) is 6.43. The summed E-state index contributed by atoms with van der Waals surface area (Å²) in [7, 11) is -4.27. The van der Waals surface area contributed by atoms with Crippen molar-refractivity contribution in [1.29, 1.82) is 0 Å². The van der Waals surface area contributed by atoms with E-state index in [0.29, 0.717) is 11.3 Å². The predicted molar refractivity (Wildman–Crippen MR) is 63.7 cm³/mol. The summed E-state index contributed by atoms with van der Waals surface area (Å²) in [5.41, 5.74) is 0.0574. The van der Waals surface area contributed by atoms with Crippen molar-refractivity contribution in [3.05, 3.63) is 15.4 Å². The lowest BCUT2D eigenvalue weighted by Crippen LogP contribution is -2.42. The Balaban J connectivity index is 3.07. The van der Waals surface area contributed by atoms with E-state index in [9.17, 15) is 22.8 Å². The maximum atomic E-state index is 11.8. The third-order valence-electron chi connectivity index (χ3n) is 2.00. The summed E-state index contributed by atoms with van der Waals surface area (Å²) in [6.07, 6.45) is -0.910. The Morgan fingerprint density at radius 2 is 2.00 bits per heavy atom. The van der Waals surface area contributed by atoms with Crippen LogP contribution in [0.15, 0.2) is 9.00 Å². The molecular formula is C8H10N2O7S2. The van der Waals surface area contributed by atoms with Gasteiger partial charge in [0.25, 0.3) is 10.0 Å². The van der Waals surface area contributed by atoms with E-state index < -0.39 is 39.3 Å². The molecule has 0 unspecified atom stereocenters. The highest BCUT2D eigenvalue weighted by molar-refractivity contribution is 7.91. The molecule has 1 aromatic heterocycles. The van der Waals surface area contributed by atoms with Crippen LogP contribution in [-0.4, -0.2) is 41.6 Å². The van der Waals surface area contributed by atoms with Crippen molar-refractivity contribution in [2.75, 3.05) is 0 Å². The summed E-state index contributed by atoms with van der Waals surface area (Å²) in [4.78, 5) is 33.9. The Bertz CT molecular complexity index is 657. The fourth-order valence-corrected chi connectivity index (χ4v) is 3.75. The van der Waals surface area contributed by atoms with E-state index >= 15 is 0 Å². The fraction of sp³-hybridized carbons (Fsp3) is 0.375. The van der Waals surface area contributed by atoms with Crippen molar-refractivity contribution in [2.45, 2.75) is 23.6 Å². The number of H-pyrrole nitrogens is 1. The van der Waals surface area contributed by atoms with Crippen molar-refractivity contribution in [2.24, 2.45) is 0 Å². The molecule has 0 amide bonds. The molecule has 1 atom stereocenters. The molecule has 11 heteroatoms. The number of aliphatic carboxylic acids is 2. The molecule has 0 aliphatic heterocycles. The van der Waals surface area contributed by atoms with Crippen molar-refractivity contribution >= 4 is 33.3 Å². The standard InChI is InChI=1S/C8H10N2O7S2/c1-3-7(18-8(15)9-3)19(16,17)10-4(6(13)14)2-5(11)12/h4,10H,2H2,1H3,(H,9,15)(H,11,12)(H,13,14)/t4-/m1/s1. The van der Waals surface area contributed by atoms with Gasteiger partial charge in [0.1, 0.15) is 6.04 Å². The zero-order chi connectivity index (χ0) is 14.8. The lowest BCUT2D eigenvalue weighted by molar-refractivity contribution is -0.145. The van der Waals surface area contributed by atoms with Gasteiger partial charge in [-0.2, -0.15) is 4.72 Å². The van der Waals surface area contributed by atoms with E-state index in [1.807, 2.05) is 0 Å². The molecule has 0 fully saturated rings. The number of hydrogen-bond acceptors (Lipinski definition) is 6. The number of carboxylic acid groups (broad SMARTS) is 2. The molecule has 1 rings (SSSR count). The summed E-state index contributed by atoms with van der Waals surface area (Å²) in [6.45, 7) is 1.33. The van der Waals surface area contributed by atoms with Gasteiger partial charge >= 0.3 is 16.8 Å². The van der Waals surface area contributed by atoms with Gasteiger partial charge in [0, 0.05) is 5.69 Å². The van der Waals surface area contributed by atoms with Crippen LogP contribution < -0.4 is 9.60 Å². The summed E-state index contributed by atoms with van der Waals surface area (Å²) in [5.74, 6) is -3.08. The second-order valence-electron chi connectivity index (χ2n) is 3.54. The molecular weight excluding hydrogens is 300 g/mol. The van der Waals surface area contributed by atoms with Crippen LogP contribution in [0.3, 0.4) is 0 Å². The van der Waals surface area contributed by atoms with Gasteiger partial charge in [-0.15, -0.1) is 0 Å². The first-order chi connectivity index (χ1) is 8.63. The van der Waals surface area contributed by atoms with Crippen LogP contribution in [0, 0.1) is 6.92 Å². The molecule has 9 nitrogen and oxygen atoms in total. The van der Waals surface area contributed by atoms with Gasteiger partial charge in [0.05, 0.1) is 6.42 Å². The van der Waals surface area contributed by atoms with Crippen molar-refractivity contribution < 1.29 is 28.2 Å². The minimum atomic E-state index is -4.27. The van der Waals surface area contributed by atoms with E-state index in [1.165, 1.54) is 6.92 Å². The Morgan fingerprint density at radius 3 is 2.37 bits per heavy atom. The van der Waals surface area contributed by atoms with Gasteiger partial charge in [0.2, 0.25) is 0 Å². The van der Waals surface area contributed by atoms with Crippen LogP contribution in [0.1, 0.15) is 12.1 Å². The lowest BCUT2D eigenvalue weighted by atomic mass is 10.2. The third-order valence-corrected chi connectivity index (χ3v) is 5.08. The molecule has 4 N–H and O–H groups in total. The molecule has 1 heterocycles. The van der Waals surface area contributed by atoms with Gasteiger partial charge in [-0.25, -0.2) is 8.42 Å². The quantitative estimate of drug-likeness (QED) is 0.522. The average Bonchev–Trinajstić information content (AvgIpc) is 2.56. The first-order valence-electron chi connectivity index (χ1n) is 4.80. The van der Waals surface area contributed by atoms with Crippen LogP contribution in [0.5, 0.6) is 0 Å². The number of nitrogens with one attached hydrogen (secondary N) is 2. The van der Waals surface area contributed by atoms with Crippen LogP contribution in [0.4, 0.5) is 0 Å². The normalized spacial score (nSPS) is 13.1. The topological polar surface area (TPSA) is 154 Å². The maximum Gasteiger partial charge on any atom is 0.322 e. The Labute approximate surface area is 110 Å². The molecule has 0 spiro atoms. The number of sulfonamides is 1. The minimum Gasteiger partial charge on any atom is -0.481 e. The van der Waals surface area contributed by atoms with E-state index in [4.69, 9.17) is 10.2 Å². The average molecular weight is 310 g/mol. The number of aromatic nitrogens is 1. The first-order valence-corrected chi connectivity index (χ1v) is 7.10. The molecule has 0 aliphatic rings. The van der Waals surface area contributed by atoms with E-state index in [-0.39, 0.29) is 9.90 Å². The van der Waals surface area contributed by atoms with Crippen molar-refractivity contribution in [3.8, 4) is 0 Å². The van der Waals surface area contributed by atoms with Gasteiger partial charge in [-0.05, 0) is 6.92 Å². The van der Waals surface area contributed by atoms with E-state index in [2.05, 4.69) is 4.98 Å². The number of rotatable bonds is 6. The van der Waals surface area contributed by atoms with Crippen LogP contribution in [-0.2, 0) is 19.6 Å². The van der Waals surface area contributed by atoms with Gasteiger partial charge in [-0.1, -0.05) is 11.3 Å². The molecule has 19 heavy (non-hydrogen) atoms. The number of carbonyl (C=O) groups is 2. The van der Waals surface area contributed by atoms with Gasteiger partial charge in [0.15, 0.2) is 4.21 Å². The molecule has 0 radical (unpaired) electrons. The fourth-order valence-electron chi connectivity index (χ4n) is 1.24. The summed E-state index contributed by atoms with van der Waals surface area (Å²) < 4.78 is 25.1. The maximum absolute atomic E-state index is 11.8. The molecule has 0 bridgehead atoms. The summed E-state index contributed by atoms with van der Waals surface area (Å²) >= 11 is 0.392. The lowest BCUT2D eigenvalue weighted by Gasteiger charge is -2.11. The SMILES string of the molecule is Cc1[nH]c(=O)sc1S(=O)(=O)N[C@H](CC(=O)O)C(=O)O. The molecule has 1 aromatic rings.